The molecule has 2 saturated carbocycles. The molecule has 33 heavy (non-hydrogen) atoms. The number of aromatic nitrogens is 6. The molecule has 2 aliphatic carbocycles. The number of H-pyrrole nitrogens is 2. The second-order valence-electron chi connectivity index (χ2n) is 9.52. The molecule has 11 nitrogen and oxygen atoms in total. The minimum Gasteiger partial charge on any atom is -0.493 e. The summed E-state index contributed by atoms with van der Waals surface area (Å²) in [4.78, 5) is 30.5. The second-order valence-corrected chi connectivity index (χ2v) is 9.52. The summed E-state index contributed by atoms with van der Waals surface area (Å²) < 4.78 is 1.61. The number of nitrogens with zero attached hydrogens (tertiary/aromatic N) is 5. The Morgan fingerprint density at radius 3 is 2.61 bits per heavy atom. The molecular weight excluding hydrogens is 422 g/mol. The molecular formula is C22H31N9O2. The zero-order valence-electron chi connectivity index (χ0n) is 19.0. The fourth-order valence-corrected chi connectivity index (χ4v) is 4.17. The number of nitrogens with one attached hydrogen (secondary N) is 4. The molecule has 5 rings (SSSR count). The van der Waals surface area contributed by atoms with Crippen molar-refractivity contribution in [2.75, 3.05) is 11.9 Å². The van der Waals surface area contributed by atoms with Crippen LogP contribution in [0.1, 0.15) is 58.1 Å². The van der Waals surface area contributed by atoms with E-state index in [9.17, 15) is 9.90 Å². The highest BCUT2D eigenvalue weighted by Crippen LogP contribution is 2.23. The van der Waals surface area contributed by atoms with Crippen LogP contribution in [0.3, 0.4) is 0 Å². The first kappa shape index (κ1) is 21.6. The lowest BCUT2D eigenvalue weighted by Crippen LogP contribution is -2.39. The van der Waals surface area contributed by atoms with Crippen molar-refractivity contribution < 1.29 is 5.11 Å². The third kappa shape index (κ3) is 5.08. The van der Waals surface area contributed by atoms with Gasteiger partial charge in [0, 0.05) is 17.3 Å². The summed E-state index contributed by atoms with van der Waals surface area (Å²) in [5.41, 5.74) is 0.885. The van der Waals surface area contributed by atoms with E-state index in [1.54, 1.807) is 16.8 Å². The third-order valence-corrected chi connectivity index (χ3v) is 6.13. The minimum atomic E-state index is -0.477. The molecule has 3 aromatic heterocycles. The average Bonchev–Trinajstić information content (AvgIpc) is 3.42. The number of aromatic hydroxyl groups is 1. The van der Waals surface area contributed by atoms with Crippen LogP contribution in [0, 0.1) is 5.92 Å². The van der Waals surface area contributed by atoms with E-state index in [2.05, 4.69) is 44.5 Å². The number of hydrogen-bond donors (Lipinski definition) is 5. The summed E-state index contributed by atoms with van der Waals surface area (Å²) in [5.74, 6) is 0.960. The van der Waals surface area contributed by atoms with Gasteiger partial charge in [-0.2, -0.15) is 19.6 Å². The molecule has 0 aliphatic heterocycles. The van der Waals surface area contributed by atoms with Crippen molar-refractivity contribution >= 4 is 17.7 Å². The van der Waals surface area contributed by atoms with Crippen LogP contribution in [0.25, 0.3) is 11.7 Å². The average molecular weight is 454 g/mol. The number of imidazole rings is 1. The molecule has 0 amide bonds. The lowest BCUT2D eigenvalue weighted by atomic mass is 9.91. The molecule has 0 atom stereocenters. The Hall–Kier alpha value is -3.21. The first-order chi connectivity index (χ1) is 15.9. The van der Waals surface area contributed by atoms with E-state index in [0.717, 1.165) is 45.1 Å². The van der Waals surface area contributed by atoms with Crippen molar-refractivity contribution in [3.05, 3.63) is 33.2 Å². The largest absolute Gasteiger partial charge is 0.493 e. The van der Waals surface area contributed by atoms with E-state index in [1.165, 1.54) is 0 Å². The molecule has 0 bridgehead atoms. The summed E-state index contributed by atoms with van der Waals surface area (Å²) >= 11 is 0. The molecule has 0 aromatic carbocycles. The number of aromatic amines is 2. The predicted octanol–water partition coefficient (Wildman–Crippen LogP) is 0.426. The van der Waals surface area contributed by atoms with Gasteiger partial charge in [0.25, 0.3) is 5.62 Å². The SMILES string of the molecule is CC(C)CNC1CCC(Nc2nc(=NC3CC3)n3ncc(=Cc4[nH]c(=O)[nH]c4O)c3n2)CC1. The van der Waals surface area contributed by atoms with Crippen LogP contribution in [0.4, 0.5) is 5.95 Å². The number of hydrogen-bond acceptors (Lipinski definition) is 8. The van der Waals surface area contributed by atoms with E-state index < -0.39 is 5.69 Å². The maximum Gasteiger partial charge on any atom is 0.326 e. The Morgan fingerprint density at radius 1 is 1.18 bits per heavy atom. The molecule has 2 fully saturated rings. The van der Waals surface area contributed by atoms with Crippen molar-refractivity contribution in [2.45, 2.75) is 70.5 Å². The highest BCUT2D eigenvalue weighted by Gasteiger charge is 2.23. The van der Waals surface area contributed by atoms with Gasteiger partial charge in [0.1, 0.15) is 5.69 Å². The maximum absolute atomic E-state index is 11.5. The van der Waals surface area contributed by atoms with Crippen molar-refractivity contribution in [1.82, 2.24) is 34.9 Å². The van der Waals surface area contributed by atoms with Crippen LogP contribution >= 0.6 is 0 Å². The molecule has 3 heterocycles. The van der Waals surface area contributed by atoms with E-state index >= 15 is 0 Å². The molecule has 0 radical (unpaired) electrons. The van der Waals surface area contributed by atoms with Gasteiger partial charge in [0.05, 0.1) is 12.2 Å². The maximum atomic E-state index is 11.5. The Kier molecular flexibility index (Phi) is 5.88. The quantitative estimate of drug-likeness (QED) is 0.348. The van der Waals surface area contributed by atoms with Gasteiger partial charge in [-0.05, 0) is 57.1 Å². The summed E-state index contributed by atoms with van der Waals surface area (Å²) in [6, 6.07) is 1.15. The molecule has 0 saturated heterocycles. The number of rotatable bonds is 7. The van der Waals surface area contributed by atoms with Crippen molar-refractivity contribution in [3.8, 4) is 5.88 Å². The lowest BCUT2D eigenvalue weighted by molar-refractivity contribution is 0.341. The molecule has 0 spiro atoms. The van der Waals surface area contributed by atoms with Crippen LogP contribution in [-0.2, 0) is 0 Å². The summed E-state index contributed by atoms with van der Waals surface area (Å²) in [6.45, 7) is 5.52. The van der Waals surface area contributed by atoms with Gasteiger partial charge in [0.2, 0.25) is 11.8 Å². The minimum absolute atomic E-state index is 0.225. The van der Waals surface area contributed by atoms with E-state index in [-0.39, 0.29) is 17.6 Å². The summed E-state index contributed by atoms with van der Waals surface area (Å²) in [5, 5.41) is 22.2. The van der Waals surface area contributed by atoms with Crippen LogP contribution < -0.4 is 27.2 Å². The van der Waals surface area contributed by atoms with Gasteiger partial charge in [-0.3, -0.25) is 4.98 Å². The lowest BCUT2D eigenvalue weighted by Gasteiger charge is -2.30. The highest BCUT2D eigenvalue weighted by molar-refractivity contribution is 5.57. The fourth-order valence-electron chi connectivity index (χ4n) is 4.17. The molecule has 0 unspecified atom stereocenters. The number of anilines is 1. The van der Waals surface area contributed by atoms with Crippen LogP contribution in [0.15, 0.2) is 16.0 Å². The first-order valence-electron chi connectivity index (χ1n) is 11.8. The predicted molar refractivity (Wildman–Crippen MR) is 124 cm³/mol. The van der Waals surface area contributed by atoms with E-state index in [4.69, 9.17) is 9.98 Å². The first-order valence-corrected chi connectivity index (χ1v) is 11.8. The Labute approximate surface area is 190 Å². The van der Waals surface area contributed by atoms with Gasteiger partial charge < -0.3 is 20.7 Å². The van der Waals surface area contributed by atoms with Crippen LogP contribution in [0.5, 0.6) is 5.88 Å². The zero-order valence-corrected chi connectivity index (χ0v) is 19.0. The third-order valence-electron chi connectivity index (χ3n) is 6.13. The zero-order chi connectivity index (χ0) is 22.9. The topological polar surface area (TPSA) is 148 Å². The Balaban J connectivity index is 1.42. The normalized spacial score (nSPS) is 22.5. The van der Waals surface area contributed by atoms with Crippen LogP contribution in [-0.4, -0.2) is 59.3 Å². The van der Waals surface area contributed by atoms with Gasteiger partial charge in [-0.25, -0.2) is 9.79 Å². The number of fused-ring (bicyclic) bond motifs is 1. The monoisotopic (exact) mass is 453 g/mol. The summed E-state index contributed by atoms with van der Waals surface area (Å²) in [7, 11) is 0. The van der Waals surface area contributed by atoms with Crippen molar-refractivity contribution in [2.24, 2.45) is 10.9 Å². The second kappa shape index (κ2) is 8.97. The molecule has 2 aliphatic rings. The molecule has 176 valence electrons. The molecule has 5 N–H and O–H groups in total. The smallest absolute Gasteiger partial charge is 0.326 e. The van der Waals surface area contributed by atoms with Gasteiger partial charge in [-0.15, -0.1) is 0 Å². The van der Waals surface area contributed by atoms with Crippen molar-refractivity contribution in [1.29, 1.82) is 0 Å². The Bertz CT molecular complexity index is 1290. The van der Waals surface area contributed by atoms with Gasteiger partial charge in [-0.1, -0.05) is 13.8 Å². The van der Waals surface area contributed by atoms with E-state index in [1.807, 2.05) is 0 Å². The Morgan fingerprint density at radius 2 is 1.94 bits per heavy atom. The fraction of sp³-hybridized carbons (Fsp3) is 0.591. The van der Waals surface area contributed by atoms with Crippen LogP contribution in [0.2, 0.25) is 0 Å². The van der Waals surface area contributed by atoms with E-state index in [0.29, 0.717) is 40.4 Å². The highest BCUT2D eigenvalue weighted by atomic mass is 16.3. The molecule has 3 aromatic rings. The van der Waals surface area contributed by atoms with Gasteiger partial charge >= 0.3 is 5.69 Å². The van der Waals surface area contributed by atoms with Gasteiger partial charge in [0.15, 0.2) is 5.65 Å². The molecule has 11 heteroatoms. The van der Waals surface area contributed by atoms with Crippen molar-refractivity contribution in [3.63, 3.8) is 0 Å². The standard InChI is InChI=1S/C22H31N9O2/c1-12(2)10-23-14-3-5-15(6-4-14)25-20-28-18-13(9-17-19(32)29-22(33)27-17)11-24-31(18)21(30-20)26-16-7-8-16/h9,11-12,14-16,23,32H,3-8,10H2,1-2H3,(H,25,26,30)(H2,27,29,33). The summed E-state index contributed by atoms with van der Waals surface area (Å²) in [6.07, 6.45) is 9.73.